The molecule has 2 heterocycles. The van der Waals surface area contributed by atoms with Gasteiger partial charge in [-0.05, 0) is 55.7 Å². The van der Waals surface area contributed by atoms with Crippen molar-refractivity contribution in [2.24, 2.45) is 0 Å². The molecule has 0 unspecified atom stereocenters. The van der Waals surface area contributed by atoms with Gasteiger partial charge < -0.3 is 4.74 Å². The summed E-state index contributed by atoms with van der Waals surface area (Å²) >= 11 is 1.30. The Morgan fingerprint density at radius 3 is 2.34 bits per heavy atom. The van der Waals surface area contributed by atoms with E-state index < -0.39 is 0 Å². The number of esters is 1. The SMILES string of the molecule is CC(=O)Oc1c(C)cc(/C=c2\sc3nc(-c4ccc(C)cc4)nn3c2=O)cc1C. The predicted octanol–water partition coefficient (Wildman–Crippen LogP) is 3.22. The molecule has 6 nitrogen and oxygen atoms in total. The topological polar surface area (TPSA) is 73.6 Å². The molecule has 0 saturated carbocycles. The third-order valence-corrected chi connectivity index (χ3v) is 5.48. The zero-order valence-electron chi connectivity index (χ0n) is 16.5. The maximum absolute atomic E-state index is 12.8. The number of hydrogen-bond acceptors (Lipinski definition) is 6. The molecule has 0 spiro atoms. The summed E-state index contributed by atoms with van der Waals surface area (Å²) in [6.07, 6.45) is 1.81. The molecule has 7 heteroatoms. The van der Waals surface area contributed by atoms with E-state index in [0.717, 1.165) is 27.8 Å². The number of hydrogen-bond donors (Lipinski definition) is 0. The summed E-state index contributed by atoms with van der Waals surface area (Å²) in [4.78, 5) is 29.1. The van der Waals surface area contributed by atoms with Gasteiger partial charge in [0.15, 0.2) is 5.82 Å². The van der Waals surface area contributed by atoms with E-state index >= 15 is 0 Å². The number of carbonyl (C=O) groups excluding carboxylic acids is 1. The average Bonchev–Trinajstić information content (AvgIpc) is 3.19. The Balaban J connectivity index is 1.75. The van der Waals surface area contributed by atoms with E-state index in [1.54, 1.807) is 0 Å². The molecule has 29 heavy (non-hydrogen) atoms. The summed E-state index contributed by atoms with van der Waals surface area (Å²) in [5, 5.41) is 4.38. The standard InChI is InChI=1S/C22H19N3O3S/c1-12-5-7-17(8-6-12)20-23-22-25(24-20)21(27)18(29-22)11-16-9-13(2)19(14(3)10-16)28-15(4)26/h5-11H,1-4H3/b18-11-. The smallest absolute Gasteiger partial charge is 0.308 e. The van der Waals surface area contributed by atoms with Gasteiger partial charge in [-0.1, -0.05) is 41.2 Å². The quantitative estimate of drug-likeness (QED) is 0.387. The lowest BCUT2D eigenvalue weighted by Gasteiger charge is -2.10. The Labute approximate surface area is 171 Å². The highest BCUT2D eigenvalue weighted by atomic mass is 32.1. The van der Waals surface area contributed by atoms with Gasteiger partial charge in [-0.3, -0.25) is 9.59 Å². The molecule has 2 aromatic heterocycles. The maximum Gasteiger partial charge on any atom is 0.308 e. The largest absolute Gasteiger partial charge is 0.426 e. The summed E-state index contributed by atoms with van der Waals surface area (Å²) in [6.45, 7) is 7.14. The highest BCUT2D eigenvalue weighted by Crippen LogP contribution is 2.25. The number of nitrogens with zero attached hydrogens (tertiary/aromatic N) is 3. The summed E-state index contributed by atoms with van der Waals surface area (Å²) in [5.74, 6) is 0.740. The summed E-state index contributed by atoms with van der Waals surface area (Å²) in [5.41, 5.74) is 4.36. The van der Waals surface area contributed by atoms with Gasteiger partial charge in [0, 0.05) is 12.5 Å². The number of fused-ring (bicyclic) bond motifs is 1. The molecular formula is C22H19N3O3S. The Bertz CT molecular complexity index is 1330. The van der Waals surface area contributed by atoms with E-state index in [1.807, 2.05) is 63.2 Å². The summed E-state index contributed by atoms with van der Waals surface area (Å²) in [7, 11) is 0. The third-order valence-electron chi connectivity index (χ3n) is 4.52. The van der Waals surface area contributed by atoms with Crippen LogP contribution in [0.2, 0.25) is 0 Å². The molecular weight excluding hydrogens is 386 g/mol. The van der Waals surface area contributed by atoms with Gasteiger partial charge in [0.1, 0.15) is 5.75 Å². The number of carbonyl (C=O) groups is 1. The average molecular weight is 405 g/mol. The van der Waals surface area contributed by atoms with Crippen molar-refractivity contribution >= 4 is 28.3 Å². The van der Waals surface area contributed by atoms with Gasteiger partial charge in [-0.25, -0.2) is 0 Å². The van der Waals surface area contributed by atoms with Crippen LogP contribution in [0.25, 0.3) is 22.4 Å². The van der Waals surface area contributed by atoms with Crippen molar-refractivity contribution in [3.05, 3.63) is 73.5 Å². The lowest BCUT2D eigenvalue weighted by atomic mass is 10.1. The number of benzene rings is 2. The molecule has 2 aromatic carbocycles. The van der Waals surface area contributed by atoms with Crippen molar-refractivity contribution in [3.63, 3.8) is 0 Å². The Morgan fingerprint density at radius 2 is 1.76 bits per heavy atom. The lowest BCUT2D eigenvalue weighted by molar-refractivity contribution is -0.131. The molecule has 0 atom stereocenters. The normalized spacial score (nSPS) is 11.9. The number of ether oxygens (including phenoxy) is 1. The highest BCUT2D eigenvalue weighted by Gasteiger charge is 2.13. The Morgan fingerprint density at radius 1 is 1.10 bits per heavy atom. The van der Waals surface area contributed by atoms with Crippen LogP contribution in [0.5, 0.6) is 5.75 Å². The molecule has 0 saturated heterocycles. The van der Waals surface area contributed by atoms with E-state index in [2.05, 4.69) is 10.1 Å². The molecule has 0 bridgehead atoms. The molecule has 0 aliphatic heterocycles. The van der Waals surface area contributed by atoms with Crippen LogP contribution in [0.1, 0.15) is 29.2 Å². The zero-order chi connectivity index (χ0) is 20.7. The second kappa shape index (κ2) is 7.25. The van der Waals surface area contributed by atoms with Crippen molar-refractivity contribution < 1.29 is 9.53 Å². The predicted molar refractivity (Wildman–Crippen MR) is 113 cm³/mol. The fraction of sp³-hybridized carbons (Fsp3) is 0.182. The first-order valence-electron chi connectivity index (χ1n) is 9.10. The molecule has 4 rings (SSSR count). The van der Waals surface area contributed by atoms with Crippen LogP contribution in [0.15, 0.2) is 41.2 Å². The third kappa shape index (κ3) is 3.69. The number of aryl methyl sites for hydroxylation is 3. The van der Waals surface area contributed by atoms with Crippen LogP contribution in [0.4, 0.5) is 0 Å². The lowest BCUT2D eigenvalue weighted by Crippen LogP contribution is -2.23. The van der Waals surface area contributed by atoms with Crippen molar-refractivity contribution in [2.75, 3.05) is 0 Å². The fourth-order valence-corrected chi connectivity index (χ4v) is 4.09. The van der Waals surface area contributed by atoms with Crippen molar-refractivity contribution in [2.45, 2.75) is 27.7 Å². The van der Waals surface area contributed by atoms with Crippen LogP contribution < -0.4 is 14.8 Å². The van der Waals surface area contributed by atoms with Gasteiger partial charge in [-0.2, -0.15) is 9.50 Å². The fourth-order valence-electron chi connectivity index (χ4n) is 3.18. The Kier molecular flexibility index (Phi) is 4.76. The van der Waals surface area contributed by atoms with Crippen LogP contribution in [0.3, 0.4) is 0 Å². The van der Waals surface area contributed by atoms with Gasteiger partial charge in [0.25, 0.3) is 5.56 Å². The second-order valence-electron chi connectivity index (χ2n) is 6.99. The second-order valence-corrected chi connectivity index (χ2v) is 8.00. The zero-order valence-corrected chi connectivity index (χ0v) is 17.3. The van der Waals surface area contributed by atoms with Crippen LogP contribution in [-0.2, 0) is 4.79 Å². The minimum atomic E-state index is -0.357. The molecule has 0 fully saturated rings. The first kappa shape index (κ1) is 19.0. The number of rotatable bonds is 3. The Hall–Kier alpha value is -3.32. The van der Waals surface area contributed by atoms with Gasteiger partial charge in [-0.15, -0.1) is 5.10 Å². The van der Waals surface area contributed by atoms with Crippen LogP contribution in [-0.4, -0.2) is 20.6 Å². The number of aromatic nitrogens is 3. The highest BCUT2D eigenvalue weighted by molar-refractivity contribution is 7.15. The summed E-state index contributed by atoms with van der Waals surface area (Å²) in [6, 6.07) is 11.7. The van der Waals surface area contributed by atoms with E-state index in [4.69, 9.17) is 4.74 Å². The van der Waals surface area contributed by atoms with Gasteiger partial charge in [0.2, 0.25) is 4.96 Å². The molecule has 146 valence electrons. The van der Waals surface area contributed by atoms with Crippen LogP contribution in [0, 0.1) is 20.8 Å². The van der Waals surface area contributed by atoms with Crippen molar-refractivity contribution in [3.8, 4) is 17.1 Å². The summed E-state index contributed by atoms with van der Waals surface area (Å²) < 4.78 is 7.16. The minimum Gasteiger partial charge on any atom is -0.426 e. The van der Waals surface area contributed by atoms with Gasteiger partial charge >= 0.3 is 5.97 Å². The molecule has 0 amide bonds. The van der Waals surface area contributed by atoms with Gasteiger partial charge in [0.05, 0.1) is 4.53 Å². The van der Waals surface area contributed by atoms with Crippen molar-refractivity contribution in [1.82, 2.24) is 14.6 Å². The van der Waals surface area contributed by atoms with E-state index in [1.165, 1.54) is 22.8 Å². The first-order chi connectivity index (χ1) is 13.8. The van der Waals surface area contributed by atoms with E-state index in [-0.39, 0.29) is 11.5 Å². The molecule has 4 aromatic rings. The molecule has 0 N–H and O–H groups in total. The molecule has 0 aliphatic carbocycles. The maximum atomic E-state index is 12.8. The first-order valence-corrected chi connectivity index (χ1v) is 9.91. The minimum absolute atomic E-state index is 0.199. The van der Waals surface area contributed by atoms with Crippen molar-refractivity contribution in [1.29, 1.82) is 0 Å². The van der Waals surface area contributed by atoms with E-state index in [9.17, 15) is 9.59 Å². The molecule has 0 radical (unpaired) electrons. The monoisotopic (exact) mass is 405 g/mol. The number of thiazole rings is 1. The van der Waals surface area contributed by atoms with E-state index in [0.29, 0.717) is 21.1 Å². The molecule has 0 aliphatic rings. The van der Waals surface area contributed by atoms with Crippen LogP contribution >= 0.6 is 11.3 Å².